The van der Waals surface area contributed by atoms with E-state index in [9.17, 15) is 9.59 Å². The number of carbonyl (C=O) groups is 2. The number of thioether (sulfide) groups is 1. The zero-order valence-electron chi connectivity index (χ0n) is 20.4. The van der Waals surface area contributed by atoms with Gasteiger partial charge in [-0.1, -0.05) is 11.6 Å². The van der Waals surface area contributed by atoms with Crippen LogP contribution in [0.1, 0.15) is 46.5 Å². The number of hydrogen-bond donors (Lipinski definition) is 1. The van der Waals surface area contributed by atoms with Crippen molar-refractivity contribution in [3.63, 3.8) is 0 Å². The summed E-state index contributed by atoms with van der Waals surface area (Å²) in [6.07, 6.45) is 3.51. The van der Waals surface area contributed by atoms with E-state index in [0.29, 0.717) is 18.7 Å². The molecule has 34 heavy (non-hydrogen) atoms. The standard InChI is InChI=1S/C26H35NO6S/c1-16(2)5-10-21-25(3,33-21)24-23(30-4)20(11-12-26(24)15-31-26)32-22(29)13-18(28)14-34-19-8-6-17(27)7-9-19/h5-9,20-21,23-24H,10-15,27H2,1-4H3/t20-,21-,23-,24-,25-,26+/m1/s1. The van der Waals surface area contributed by atoms with Gasteiger partial charge in [0.1, 0.15) is 29.8 Å². The molecule has 2 saturated heterocycles. The van der Waals surface area contributed by atoms with Crippen molar-refractivity contribution in [3.8, 4) is 0 Å². The fraction of sp³-hybridized carbons (Fsp3) is 0.615. The number of rotatable bonds is 10. The quantitative estimate of drug-likeness (QED) is 0.132. The van der Waals surface area contributed by atoms with Crippen molar-refractivity contribution < 1.29 is 28.5 Å². The normalized spacial score (nSPS) is 33.9. The maximum Gasteiger partial charge on any atom is 0.313 e. The molecule has 1 aromatic carbocycles. The Morgan fingerprint density at radius 1 is 1.26 bits per heavy atom. The SMILES string of the molecule is CO[C@@H]1[C@H](OC(=O)CC(=O)CSc2ccc(N)cc2)CC[C@]2(CO2)[C@H]1[C@]1(C)O[C@@H]1CC=C(C)C. The van der Waals surface area contributed by atoms with Crippen LogP contribution in [0.4, 0.5) is 5.69 Å². The minimum atomic E-state index is -0.510. The molecule has 2 N–H and O–H groups in total. The van der Waals surface area contributed by atoms with Gasteiger partial charge in [0, 0.05) is 17.7 Å². The van der Waals surface area contributed by atoms with Gasteiger partial charge in [0.15, 0.2) is 5.78 Å². The van der Waals surface area contributed by atoms with Crippen LogP contribution in [-0.4, -0.2) is 60.7 Å². The molecule has 7 nitrogen and oxygen atoms in total. The maximum absolute atomic E-state index is 12.6. The van der Waals surface area contributed by atoms with E-state index in [-0.39, 0.29) is 47.3 Å². The first-order valence-electron chi connectivity index (χ1n) is 11.8. The summed E-state index contributed by atoms with van der Waals surface area (Å²) in [6.45, 7) is 6.94. The monoisotopic (exact) mass is 489 g/mol. The Morgan fingerprint density at radius 3 is 2.59 bits per heavy atom. The average Bonchev–Trinajstić information content (AvgIpc) is 3.70. The Kier molecular flexibility index (Phi) is 7.43. The van der Waals surface area contributed by atoms with Crippen molar-refractivity contribution in [1.29, 1.82) is 0 Å². The second-order valence-electron chi connectivity index (χ2n) is 9.98. The van der Waals surface area contributed by atoms with Crippen LogP contribution in [0.5, 0.6) is 0 Å². The molecule has 2 heterocycles. The third-order valence-corrected chi connectivity index (χ3v) is 8.21. The van der Waals surface area contributed by atoms with Gasteiger partial charge in [-0.15, -0.1) is 11.8 Å². The summed E-state index contributed by atoms with van der Waals surface area (Å²) in [6, 6.07) is 7.29. The smallest absolute Gasteiger partial charge is 0.313 e. The third kappa shape index (κ3) is 5.51. The van der Waals surface area contributed by atoms with E-state index in [2.05, 4.69) is 26.8 Å². The van der Waals surface area contributed by atoms with Crippen molar-refractivity contribution in [2.75, 3.05) is 25.2 Å². The van der Waals surface area contributed by atoms with Gasteiger partial charge in [-0.25, -0.2) is 0 Å². The summed E-state index contributed by atoms with van der Waals surface area (Å²) >= 11 is 1.38. The van der Waals surface area contributed by atoms with E-state index in [1.54, 1.807) is 19.2 Å². The third-order valence-electron chi connectivity index (χ3n) is 7.14. The molecule has 1 aliphatic carbocycles. The Bertz CT molecular complexity index is 939. The molecular formula is C26H35NO6S. The van der Waals surface area contributed by atoms with Crippen molar-refractivity contribution in [2.45, 2.75) is 80.9 Å². The Balaban J connectivity index is 1.34. The minimum Gasteiger partial charge on any atom is -0.459 e. The Morgan fingerprint density at radius 2 is 1.97 bits per heavy atom. The van der Waals surface area contributed by atoms with E-state index in [4.69, 9.17) is 24.7 Å². The predicted octanol–water partition coefficient (Wildman–Crippen LogP) is 3.94. The minimum absolute atomic E-state index is 0.0381. The lowest BCUT2D eigenvalue weighted by Crippen LogP contribution is -2.55. The number of nitrogen functional groups attached to an aromatic ring is 1. The number of allylic oxidation sites excluding steroid dienone is 1. The second kappa shape index (κ2) is 10.0. The molecule has 4 rings (SSSR count). The van der Waals surface area contributed by atoms with Gasteiger partial charge in [0.05, 0.1) is 24.4 Å². The van der Waals surface area contributed by atoms with E-state index >= 15 is 0 Å². The lowest BCUT2D eigenvalue weighted by atomic mass is 9.68. The van der Waals surface area contributed by atoms with Crippen LogP contribution in [0, 0.1) is 5.92 Å². The largest absolute Gasteiger partial charge is 0.459 e. The van der Waals surface area contributed by atoms with Crippen molar-refractivity contribution in [2.24, 2.45) is 5.92 Å². The van der Waals surface area contributed by atoms with E-state index in [0.717, 1.165) is 17.7 Å². The molecule has 1 saturated carbocycles. The number of Topliss-reactive ketones (excluding diaryl/α,β-unsaturated/α-hetero) is 1. The first-order chi connectivity index (χ1) is 16.2. The molecule has 1 spiro atoms. The van der Waals surface area contributed by atoms with Crippen LogP contribution in [0.25, 0.3) is 0 Å². The molecule has 1 aromatic rings. The molecular weight excluding hydrogens is 454 g/mol. The number of benzene rings is 1. The molecule has 0 aromatic heterocycles. The zero-order chi connectivity index (χ0) is 24.5. The van der Waals surface area contributed by atoms with E-state index in [1.807, 2.05) is 12.1 Å². The number of methoxy groups -OCH3 is 1. The molecule has 3 aliphatic rings. The van der Waals surface area contributed by atoms with Crippen LogP contribution >= 0.6 is 11.8 Å². The van der Waals surface area contributed by atoms with Gasteiger partial charge >= 0.3 is 5.97 Å². The van der Waals surface area contributed by atoms with Crippen molar-refractivity contribution in [3.05, 3.63) is 35.9 Å². The molecule has 6 atom stereocenters. The predicted molar refractivity (Wildman–Crippen MR) is 131 cm³/mol. The molecule has 0 unspecified atom stereocenters. The van der Waals surface area contributed by atoms with Gasteiger partial charge in [0.25, 0.3) is 0 Å². The van der Waals surface area contributed by atoms with Gasteiger partial charge < -0.3 is 24.7 Å². The molecule has 0 amide bonds. The zero-order valence-corrected chi connectivity index (χ0v) is 21.2. The van der Waals surface area contributed by atoms with Crippen molar-refractivity contribution >= 4 is 29.2 Å². The van der Waals surface area contributed by atoms with Crippen molar-refractivity contribution in [1.82, 2.24) is 0 Å². The maximum atomic E-state index is 12.6. The number of epoxide rings is 2. The topological polar surface area (TPSA) is 104 Å². The lowest BCUT2D eigenvalue weighted by Gasteiger charge is -2.42. The van der Waals surface area contributed by atoms with Crippen LogP contribution in [0.15, 0.2) is 40.8 Å². The van der Waals surface area contributed by atoms with Gasteiger partial charge in [0.2, 0.25) is 0 Å². The lowest BCUT2D eigenvalue weighted by molar-refractivity contribution is -0.172. The second-order valence-corrected chi connectivity index (χ2v) is 11.0. The number of ketones is 1. The Labute approximate surface area is 205 Å². The molecule has 8 heteroatoms. The van der Waals surface area contributed by atoms with Crippen LogP contribution in [-0.2, 0) is 28.5 Å². The number of hydrogen-bond acceptors (Lipinski definition) is 8. The summed E-state index contributed by atoms with van der Waals surface area (Å²) in [7, 11) is 1.64. The number of ether oxygens (including phenoxy) is 4. The van der Waals surface area contributed by atoms with E-state index in [1.165, 1.54) is 17.3 Å². The van der Waals surface area contributed by atoms with Gasteiger partial charge in [-0.2, -0.15) is 0 Å². The fourth-order valence-corrected chi connectivity index (χ4v) is 5.98. The molecule has 2 aliphatic heterocycles. The summed E-state index contributed by atoms with van der Waals surface area (Å²) < 4.78 is 23.8. The van der Waals surface area contributed by atoms with Gasteiger partial charge in [-0.05, 0) is 64.3 Å². The van der Waals surface area contributed by atoms with Crippen LogP contribution in [0.2, 0.25) is 0 Å². The highest BCUT2D eigenvalue weighted by molar-refractivity contribution is 8.00. The molecule has 3 fully saturated rings. The highest BCUT2D eigenvalue weighted by Gasteiger charge is 2.72. The fourth-order valence-electron chi connectivity index (χ4n) is 5.22. The van der Waals surface area contributed by atoms with Gasteiger partial charge in [-0.3, -0.25) is 9.59 Å². The first kappa shape index (κ1) is 25.2. The number of esters is 1. The van der Waals surface area contributed by atoms with Crippen LogP contribution in [0.3, 0.4) is 0 Å². The summed E-state index contributed by atoms with van der Waals surface area (Å²) in [5, 5.41) is 0. The highest BCUT2D eigenvalue weighted by Crippen LogP contribution is 2.59. The summed E-state index contributed by atoms with van der Waals surface area (Å²) in [5.74, 6) is -0.516. The first-order valence-corrected chi connectivity index (χ1v) is 12.8. The molecule has 186 valence electrons. The molecule has 0 radical (unpaired) electrons. The highest BCUT2D eigenvalue weighted by atomic mass is 32.2. The summed E-state index contributed by atoms with van der Waals surface area (Å²) in [4.78, 5) is 25.9. The summed E-state index contributed by atoms with van der Waals surface area (Å²) in [5.41, 5.74) is 6.96. The number of carbonyl (C=O) groups excluding carboxylic acids is 2. The number of anilines is 1. The van der Waals surface area contributed by atoms with Crippen LogP contribution < -0.4 is 5.73 Å². The molecule has 0 bridgehead atoms. The number of nitrogens with two attached hydrogens (primary N) is 1. The Hall–Kier alpha value is -1.87. The average molecular weight is 490 g/mol. The van der Waals surface area contributed by atoms with E-state index < -0.39 is 12.1 Å².